The van der Waals surface area contributed by atoms with Gasteiger partial charge in [-0.1, -0.05) is 57.5 Å². The fraction of sp³-hybridized carbons (Fsp3) is 0.400. The van der Waals surface area contributed by atoms with Gasteiger partial charge in [0.05, 0.1) is 5.56 Å². The zero-order valence-corrected chi connectivity index (χ0v) is 15.8. The molecule has 2 aromatic rings. The summed E-state index contributed by atoms with van der Waals surface area (Å²) < 4.78 is 49.5. The quantitative estimate of drug-likeness (QED) is 0.471. The van der Waals surface area contributed by atoms with Crippen molar-refractivity contribution in [2.45, 2.75) is 52.6 Å². The van der Waals surface area contributed by atoms with Gasteiger partial charge in [-0.15, -0.1) is 0 Å². The molecule has 0 bridgehead atoms. The van der Waals surface area contributed by atoms with E-state index < -0.39 is 11.7 Å². The number of rotatable bonds is 2. The molecular formula is C20H23ClF4. The Morgan fingerprint density at radius 3 is 1.88 bits per heavy atom. The Labute approximate surface area is 151 Å². The summed E-state index contributed by atoms with van der Waals surface area (Å²) >= 11 is 5.73. The van der Waals surface area contributed by atoms with E-state index in [1.54, 1.807) is 6.92 Å². The molecule has 0 aliphatic heterocycles. The first-order valence-electron chi connectivity index (χ1n) is 8.06. The van der Waals surface area contributed by atoms with Gasteiger partial charge in [-0.2, -0.15) is 13.2 Å². The summed E-state index contributed by atoms with van der Waals surface area (Å²) in [6.07, 6.45) is -4.32. The first-order valence-corrected chi connectivity index (χ1v) is 8.44. The van der Waals surface area contributed by atoms with Gasteiger partial charge in [0.15, 0.2) is 0 Å². The van der Waals surface area contributed by atoms with Crippen molar-refractivity contribution in [3.63, 3.8) is 0 Å². The highest BCUT2D eigenvalue weighted by molar-refractivity contribution is 6.31. The lowest BCUT2D eigenvalue weighted by Gasteiger charge is -2.11. The van der Waals surface area contributed by atoms with Crippen molar-refractivity contribution >= 4 is 11.6 Å². The molecule has 0 saturated heterocycles. The van der Waals surface area contributed by atoms with Crippen LogP contribution in [0.1, 0.15) is 61.8 Å². The molecule has 0 unspecified atom stereocenters. The number of benzene rings is 2. The first-order chi connectivity index (χ1) is 11.4. The third-order valence-corrected chi connectivity index (χ3v) is 4.13. The molecule has 0 radical (unpaired) electrons. The van der Waals surface area contributed by atoms with Crippen molar-refractivity contribution in [2.24, 2.45) is 0 Å². The summed E-state index contributed by atoms with van der Waals surface area (Å²) in [6, 6.07) is 8.73. The molecule has 0 fully saturated rings. The Kier molecular flexibility index (Phi) is 7.48. The lowest BCUT2D eigenvalue weighted by molar-refractivity contribution is -0.137. The maximum atomic E-state index is 12.8. The number of halogens is 5. The molecule has 0 spiro atoms. The van der Waals surface area contributed by atoms with Gasteiger partial charge in [0, 0.05) is 5.02 Å². The molecule has 0 aliphatic carbocycles. The maximum Gasteiger partial charge on any atom is 0.416 e. The van der Waals surface area contributed by atoms with Gasteiger partial charge >= 0.3 is 6.18 Å². The van der Waals surface area contributed by atoms with Crippen molar-refractivity contribution in [3.8, 4) is 0 Å². The van der Waals surface area contributed by atoms with Crippen LogP contribution < -0.4 is 0 Å². The van der Waals surface area contributed by atoms with Crippen LogP contribution in [0, 0.1) is 12.7 Å². The van der Waals surface area contributed by atoms with Crippen LogP contribution in [0.4, 0.5) is 17.6 Å². The van der Waals surface area contributed by atoms with Crippen molar-refractivity contribution in [1.82, 2.24) is 0 Å². The van der Waals surface area contributed by atoms with Crippen LogP contribution in [0.15, 0.2) is 36.4 Å². The van der Waals surface area contributed by atoms with Crippen molar-refractivity contribution < 1.29 is 17.6 Å². The van der Waals surface area contributed by atoms with Crippen LogP contribution in [0.3, 0.4) is 0 Å². The molecule has 0 N–H and O–H groups in total. The van der Waals surface area contributed by atoms with Gasteiger partial charge in [-0.05, 0) is 53.6 Å². The van der Waals surface area contributed by atoms with Gasteiger partial charge in [0.2, 0.25) is 0 Å². The summed E-state index contributed by atoms with van der Waals surface area (Å²) in [5.41, 5.74) is 1.96. The summed E-state index contributed by atoms with van der Waals surface area (Å²) in [4.78, 5) is 0. The molecule has 0 saturated carbocycles. The van der Waals surface area contributed by atoms with E-state index in [-0.39, 0.29) is 16.8 Å². The Morgan fingerprint density at radius 2 is 1.48 bits per heavy atom. The second-order valence-corrected chi connectivity index (χ2v) is 6.96. The summed E-state index contributed by atoms with van der Waals surface area (Å²) in [6.45, 7) is 9.77. The van der Waals surface area contributed by atoms with Crippen LogP contribution >= 0.6 is 11.6 Å². The van der Waals surface area contributed by atoms with Crippen LogP contribution in [0.25, 0.3) is 0 Å². The second-order valence-electron chi connectivity index (χ2n) is 6.55. The maximum absolute atomic E-state index is 12.8. The molecule has 5 heteroatoms. The highest BCUT2D eigenvalue weighted by Crippen LogP contribution is 2.33. The van der Waals surface area contributed by atoms with Crippen molar-refractivity contribution in [1.29, 1.82) is 0 Å². The number of aryl methyl sites for hydroxylation is 1. The number of hydrogen-bond acceptors (Lipinski definition) is 0. The highest BCUT2D eigenvalue weighted by atomic mass is 35.5. The Bertz CT molecular complexity index is 703. The summed E-state index contributed by atoms with van der Waals surface area (Å²) in [7, 11) is 0. The molecule has 0 nitrogen and oxygen atoms in total. The largest absolute Gasteiger partial charge is 0.416 e. The fourth-order valence-corrected chi connectivity index (χ4v) is 2.60. The minimum Gasteiger partial charge on any atom is -0.207 e. The van der Waals surface area contributed by atoms with E-state index >= 15 is 0 Å². The molecule has 0 aromatic heterocycles. The molecule has 0 heterocycles. The van der Waals surface area contributed by atoms with E-state index in [1.807, 2.05) is 26.0 Å². The number of alkyl halides is 3. The minimum atomic E-state index is -4.32. The molecule has 0 amide bonds. The van der Waals surface area contributed by atoms with E-state index in [2.05, 4.69) is 13.8 Å². The van der Waals surface area contributed by atoms with Crippen LogP contribution in [0.2, 0.25) is 5.02 Å². The Hall–Kier alpha value is -1.55. The third-order valence-electron chi connectivity index (χ3n) is 3.80. The predicted molar refractivity (Wildman–Crippen MR) is 95.8 cm³/mol. The zero-order chi connectivity index (χ0) is 19.4. The SMILES string of the molecule is CC(C)c1ccc(C(F)(F)F)cc1Cl.Cc1cc(C(C)C)ccc1F. The van der Waals surface area contributed by atoms with Crippen molar-refractivity contribution in [3.05, 3.63) is 69.5 Å². The zero-order valence-electron chi connectivity index (χ0n) is 15.0. The van der Waals surface area contributed by atoms with E-state index in [1.165, 1.54) is 17.7 Å². The standard InChI is InChI=1S/C10H10ClF3.C10H13F/c1-6(2)8-4-3-7(5-9(8)11)10(12,13)14;1-7(2)9-4-5-10(11)8(3)6-9/h3-6H,1-2H3;4-7H,1-3H3. The Balaban J connectivity index is 0.000000257. The molecule has 2 rings (SSSR count). The van der Waals surface area contributed by atoms with Gasteiger partial charge in [0.1, 0.15) is 5.82 Å². The van der Waals surface area contributed by atoms with Crippen LogP contribution in [0.5, 0.6) is 0 Å². The third kappa shape index (κ3) is 6.35. The van der Waals surface area contributed by atoms with E-state index in [4.69, 9.17) is 11.6 Å². The van der Waals surface area contributed by atoms with E-state index in [0.717, 1.165) is 23.3 Å². The molecule has 0 aliphatic rings. The smallest absolute Gasteiger partial charge is 0.207 e. The lowest BCUT2D eigenvalue weighted by atomic mass is 10.0. The molecule has 25 heavy (non-hydrogen) atoms. The highest BCUT2D eigenvalue weighted by Gasteiger charge is 2.30. The van der Waals surface area contributed by atoms with Gasteiger partial charge in [-0.3, -0.25) is 0 Å². The van der Waals surface area contributed by atoms with E-state index in [9.17, 15) is 17.6 Å². The first kappa shape index (κ1) is 21.5. The van der Waals surface area contributed by atoms with Crippen molar-refractivity contribution in [2.75, 3.05) is 0 Å². The average Bonchev–Trinajstić information content (AvgIpc) is 2.49. The topological polar surface area (TPSA) is 0 Å². The molecule has 2 aromatic carbocycles. The summed E-state index contributed by atoms with van der Waals surface area (Å²) in [5, 5.41) is 0.176. The monoisotopic (exact) mass is 374 g/mol. The number of hydrogen-bond donors (Lipinski definition) is 0. The Morgan fingerprint density at radius 1 is 0.880 bits per heavy atom. The average molecular weight is 375 g/mol. The fourth-order valence-electron chi connectivity index (χ4n) is 2.20. The molecular weight excluding hydrogens is 352 g/mol. The molecule has 0 atom stereocenters. The normalized spacial score (nSPS) is 11.5. The lowest BCUT2D eigenvalue weighted by Crippen LogP contribution is -2.05. The predicted octanol–water partition coefficient (Wildman–Crippen LogP) is 7.74. The van der Waals surface area contributed by atoms with Crippen LogP contribution in [-0.2, 0) is 6.18 Å². The minimum absolute atomic E-state index is 0.116. The van der Waals surface area contributed by atoms with Gasteiger partial charge < -0.3 is 0 Å². The second kappa shape index (κ2) is 8.70. The summed E-state index contributed by atoms with van der Waals surface area (Å²) in [5.74, 6) is 0.494. The van der Waals surface area contributed by atoms with Crippen LogP contribution in [-0.4, -0.2) is 0 Å². The van der Waals surface area contributed by atoms with Gasteiger partial charge in [0.25, 0.3) is 0 Å². The van der Waals surface area contributed by atoms with Gasteiger partial charge in [-0.25, -0.2) is 4.39 Å². The molecule has 138 valence electrons. The van der Waals surface area contributed by atoms with E-state index in [0.29, 0.717) is 5.92 Å².